The molecular formula is C21H19Cl2N3O2. The first-order valence-corrected chi connectivity index (χ1v) is 9.35. The summed E-state index contributed by atoms with van der Waals surface area (Å²) in [6.07, 6.45) is 1.60. The summed E-state index contributed by atoms with van der Waals surface area (Å²) in [5.74, 6) is 0.292. The molecule has 0 saturated heterocycles. The Hall–Kier alpha value is -2.76. The van der Waals surface area contributed by atoms with Gasteiger partial charge in [-0.05, 0) is 50.2 Å². The number of nitrogens with one attached hydrogen (secondary N) is 1. The van der Waals surface area contributed by atoms with Crippen LogP contribution in [0.15, 0.2) is 59.7 Å². The number of nitrogens with zero attached hydrogens (tertiary/aromatic N) is 2. The van der Waals surface area contributed by atoms with E-state index in [0.29, 0.717) is 15.8 Å². The van der Waals surface area contributed by atoms with Crippen LogP contribution in [0.3, 0.4) is 0 Å². The number of rotatable bonds is 6. The van der Waals surface area contributed by atoms with E-state index in [0.717, 1.165) is 22.6 Å². The standard InChI is InChI=1S/C21H19Cl2N3O2/c1-14-8-16(15(2)26(14)19-10-17(22)9-18(23)11-19)12-24-25-21(27)13-28-20-6-4-3-5-7-20/h3-12H,13H2,1-2H3,(H,25,27)/b24-12-. The summed E-state index contributed by atoms with van der Waals surface area (Å²) in [6, 6.07) is 16.5. The summed E-state index contributed by atoms with van der Waals surface area (Å²) >= 11 is 12.2. The monoisotopic (exact) mass is 415 g/mol. The summed E-state index contributed by atoms with van der Waals surface area (Å²) < 4.78 is 7.41. The fourth-order valence-electron chi connectivity index (χ4n) is 2.86. The van der Waals surface area contributed by atoms with E-state index in [4.69, 9.17) is 27.9 Å². The SMILES string of the molecule is Cc1cc(/C=N\NC(=O)COc2ccccc2)c(C)n1-c1cc(Cl)cc(Cl)c1. The Labute approximate surface area is 173 Å². The molecule has 0 atom stereocenters. The highest BCUT2D eigenvalue weighted by molar-refractivity contribution is 6.34. The molecule has 0 fully saturated rings. The number of aromatic nitrogens is 1. The molecule has 0 aliphatic heterocycles. The second-order valence-electron chi connectivity index (χ2n) is 6.18. The van der Waals surface area contributed by atoms with Gasteiger partial charge in [-0.25, -0.2) is 5.43 Å². The zero-order chi connectivity index (χ0) is 20.1. The predicted octanol–water partition coefficient (Wildman–Crippen LogP) is 4.93. The Morgan fingerprint density at radius 3 is 2.46 bits per heavy atom. The maximum atomic E-state index is 11.9. The van der Waals surface area contributed by atoms with Crippen LogP contribution in [0, 0.1) is 13.8 Å². The van der Waals surface area contributed by atoms with Crippen LogP contribution in [-0.2, 0) is 4.79 Å². The maximum absolute atomic E-state index is 11.9. The molecule has 0 aliphatic carbocycles. The number of hydrazone groups is 1. The Morgan fingerprint density at radius 1 is 1.11 bits per heavy atom. The van der Waals surface area contributed by atoms with Crippen molar-refractivity contribution in [2.24, 2.45) is 5.10 Å². The molecule has 0 unspecified atom stereocenters. The molecule has 1 amide bonds. The normalized spacial score (nSPS) is 11.0. The third-order valence-electron chi connectivity index (χ3n) is 4.08. The van der Waals surface area contributed by atoms with Crippen molar-refractivity contribution in [1.82, 2.24) is 9.99 Å². The van der Waals surface area contributed by atoms with Crippen LogP contribution in [-0.4, -0.2) is 23.3 Å². The van der Waals surface area contributed by atoms with Gasteiger partial charge >= 0.3 is 0 Å². The first-order valence-electron chi connectivity index (χ1n) is 8.59. The molecule has 0 saturated carbocycles. The van der Waals surface area contributed by atoms with Gasteiger partial charge in [-0.2, -0.15) is 5.10 Å². The molecule has 2 aromatic carbocycles. The summed E-state index contributed by atoms with van der Waals surface area (Å²) in [5, 5.41) is 5.16. The van der Waals surface area contributed by atoms with E-state index >= 15 is 0 Å². The lowest BCUT2D eigenvalue weighted by atomic mass is 10.2. The molecule has 0 radical (unpaired) electrons. The molecule has 1 N–H and O–H groups in total. The molecule has 144 valence electrons. The number of amides is 1. The van der Waals surface area contributed by atoms with Gasteiger partial charge < -0.3 is 9.30 Å². The second-order valence-corrected chi connectivity index (χ2v) is 7.06. The van der Waals surface area contributed by atoms with Crippen molar-refractivity contribution in [3.63, 3.8) is 0 Å². The van der Waals surface area contributed by atoms with E-state index in [9.17, 15) is 4.79 Å². The van der Waals surface area contributed by atoms with E-state index in [-0.39, 0.29) is 12.5 Å². The minimum absolute atomic E-state index is 0.110. The Kier molecular flexibility index (Phi) is 6.39. The van der Waals surface area contributed by atoms with Gasteiger partial charge in [0.05, 0.1) is 6.21 Å². The Bertz CT molecular complexity index is 994. The lowest BCUT2D eigenvalue weighted by Gasteiger charge is -2.10. The lowest BCUT2D eigenvalue weighted by molar-refractivity contribution is -0.123. The van der Waals surface area contributed by atoms with E-state index < -0.39 is 0 Å². The van der Waals surface area contributed by atoms with Gasteiger partial charge in [-0.3, -0.25) is 4.79 Å². The molecule has 3 rings (SSSR count). The van der Waals surface area contributed by atoms with Gasteiger partial charge in [0.25, 0.3) is 5.91 Å². The van der Waals surface area contributed by atoms with E-state index in [1.165, 1.54) is 0 Å². The van der Waals surface area contributed by atoms with Gasteiger partial charge in [-0.15, -0.1) is 0 Å². The minimum Gasteiger partial charge on any atom is -0.484 e. The first-order chi connectivity index (χ1) is 13.4. The van der Waals surface area contributed by atoms with Gasteiger partial charge in [0.15, 0.2) is 6.61 Å². The zero-order valence-electron chi connectivity index (χ0n) is 15.4. The van der Waals surface area contributed by atoms with Crippen molar-refractivity contribution in [1.29, 1.82) is 0 Å². The molecule has 1 aromatic heterocycles. The number of hydrogen-bond acceptors (Lipinski definition) is 3. The number of halogens is 2. The number of aryl methyl sites for hydroxylation is 1. The number of ether oxygens (including phenoxy) is 1. The van der Waals surface area contributed by atoms with Crippen LogP contribution in [0.2, 0.25) is 10.0 Å². The maximum Gasteiger partial charge on any atom is 0.277 e. The molecular weight excluding hydrogens is 397 g/mol. The summed E-state index contributed by atoms with van der Waals surface area (Å²) in [6.45, 7) is 3.83. The van der Waals surface area contributed by atoms with Crippen LogP contribution in [0.1, 0.15) is 17.0 Å². The lowest BCUT2D eigenvalue weighted by Crippen LogP contribution is -2.24. The fraction of sp³-hybridized carbons (Fsp3) is 0.143. The topological polar surface area (TPSA) is 55.6 Å². The van der Waals surface area contributed by atoms with Crippen molar-refractivity contribution >= 4 is 35.3 Å². The molecule has 28 heavy (non-hydrogen) atoms. The second kappa shape index (κ2) is 8.95. The highest BCUT2D eigenvalue weighted by Gasteiger charge is 2.11. The predicted molar refractivity (Wildman–Crippen MR) is 113 cm³/mol. The van der Waals surface area contributed by atoms with Crippen LogP contribution in [0.5, 0.6) is 5.75 Å². The number of benzene rings is 2. The largest absolute Gasteiger partial charge is 0.484 e. The zero-order valence-corrected chi connectivity index (χ0v) is 17.0. The van der Waals surface area contributed by atoms with E-state index in [1.807, 2.05) is 54.8 Å². The third kappa shape index (κ3) is 4.94. The number of hydrogen-bond donors (Lipinski definition) is 1. The van der Waals surface area contributed by atoms with Gasteiger partial charge in [0.1, 0.15) is 5.75 Å². The van der Waals surface area contributed by atoms with Crippen molar-refractivity contribution in [3.05, 3.63) is 81.6 Å². The average Bonchev–Trinajstić information content (AvgIpc) is 2.93. The van der Waals surface area contributed by atoms with Crippen LogP contribution < -0.4 is 10.2 Å². The van der Waals surface area contributed by atoms with Crippen molar-refractivity contribution < 1.29 is 9.53 Å². The highest BCUT2D eigenvalue weighted by atomic mass is 35.5. The smallest absolute Gasteiger partial charge is 0.277 e. The first kappa shape index (κ1) is 20.0. The van der Waals surface area contributed by atoms with E-state index in [2.05, 4.69) is 10.5 Å². The molecule has 1 heterocycles. The molecule has 5 nitrogen and oxygen atoms in total. The van der Waals surface area contributed by atoms with Crippen LogP contribution in [0.4, 0.5) is 0 Å². The van der Waals surface area contributed by atoms with Gasteiger partial charge in [0.2, 0.25) is 0 Å². The number of carbonyl (C=O) groups excluding carboxylic acids is 1. The fourth-order valence-corrected chi connectivity index (χ4v) is 3.37. The molecule has 0 bridgehead atoms. The minimum atomic E-state index is -0.337. The summed E-state index contributed by atoms with van der Waals surface area (Å²) in [7, 11) is 0. The summed E-state index contributed by atoms with van der Waals surface area (Å²) in [4.78, 5) is 11.9. The Balaban J connectivity index is 1.67. The van der Waals surface area contributed by atoms with Crippen molar-refractivity contribution in [2.75, 3.05) is 6.61 Å². The average molecular weight is 416 g/mol. The quantitative estimate of drug-likeness (QED) is 0.458. The number of carbonyl (C=O) groups is 1. The Morgan fingerprint density at radius 2 is 1.79 bits per heavy atom. The van der Waals surface area contributed by atoms with Gasteiger partial charge in [0, 0.05) is 32.7 Å². The van der Waals surface area contributed by atoms with Crippen molar-refractivity contribution in [3.8, 4) is 11.4 Å². The highest BCUT2D eigenvalue weighted by Crippen LogP contribution is 2.26. The van der Waals surface area contributed by atoms with Gasteiger partial charge in [-0.1, -0.05) is 41.4 Å². The van der Waals surface area contributed by atoms with Crippen molar-refractivity contribution in [2.45, 2.75) is 13.8 Å². The van der Waals surface area contributed by atoms with E-state index in [1.54, 1.807) is 24.4 Å². The number of para-hydroxylation sites is 1. The molecule has 3 aromatic rings. The van der Waals surface area contributed by atoms with Crippen LogP contribution in [0.25, 0.3) is 5.69 Å². The van der Waals surface area contributed by atoms with Crippen LogP contribution >= 0.6 is 23.2 Å². The molecule has 0 aliphatic rings. The molecule has 0 spiro atoms. The molecule has 7 heteroatoms. The summed E-state index contributed by atoms with van der Waals surface area (Å²) in [5.41, 5.74) is 6.16. The third-order valence-corrected chi connectivity index (χ3v) is 4.52.